The minimum Gasteiger partial charge on any atom is -0.378 e. The Labute approximate surface area is 159 Å². The van der Waals surface area contributed by atoms with Gasteiger partial charge in [-0.2, -0.15) is 0 Å². The Morgan fingerprint density at radius 1 is 1.20 bits per heavy atom. The lowest BCUT2D eigenvalue weighted by molar-refractivity contribution is 0.349. The summed E-state index contributed by atoms with van der Waals surface area (Å²) in [5.74, 6) is 0. The second kappa shape index (κ2) is 9.24. The summed E-state index contributed by atoms with van der Waals surface area (Å²) < 4.78 is 0. The molecule has 0 spiro atoms. The average Bonchev–Trinajstić information content (AvgIpc) is 2.82. The van der Waals surface area contributed by atoms with E-state index in [0.29, 0.717) is 5.41 Å². The number of hydrogen-bond acceptors (Lipinski definition) is 2. The topological polar surface area (TPSA) is 3.24 Å². The van der Waals surface area contributed by atoms with Crippen molar-refractivity contribution in [2.24, 2.45) is 5.41 Å². The Hall–Kier alpha value is -1.54. The monoisotopic (exact) mass is 357 g/mol. The van der Waals surface area contributed by atoms with E-state index in [9.17, 15) is 0 Å². The summed E-state index contributed by atoms with van der Waals surface area (Å²) in [4.78, 5) is 4.89. The maximum atomic E-state index is 4.25. The lowest BCUT2D eigenvalue weighted by Crippen LogP contribution is -2.14. The van der Waals surface area contributed by atoms with Gasteiger partial charge in [-0.05, 0) is 48.5 Å². The molecule has 0 saturated heterocycles. The molecule has 25 heavy (non-hydrogen) atoms. The lowest BCUT2D eigenvalue weighted by Gasteiger charge is -2.23. The molecule has 138 valence electrons. The van der Waals surface area contributed by atoms with E-state index in [4.69, 9.17) is 0 Å². The summed E-state index contributed by atoms with van der Waals surface area (Å²) in [6.07, 6.45) is 11.7. The first-order valence-corrected chi connectivity index (χ1v) is 9.87. The molecule has 1 aromatic heterocycles. The molecule has 1 heterocycles. The molecule has 0 saturated carbocycles. The van der Waals surface area contributed by atoms with E-state index in [2.05, 4.69) is 66.0 Å². The maximum Gasteiger partial charge on any atom is 0.0287 e. The Bertz CT molecular complexity index is 669. The highest BCUT2D eigenvalue weighted by molar-refractivity contribution is 7.12. The highest BCUT2D eigenvalue weighted by Gasteiger charge is 2.22. The molecule has 0 N–H and O–H groups in total. The summed E-state index contributed by atoms with van der Waals surface area (Å²) in [6.45, 7) is 19.6. The van der Waals surface area contributed by atoms with Crippen LogP contribution in [-0.2, 0) is 12.8 Å². The summed E-state index contributed by atoms with van der Waals surface area (Å²) in [5, 5.41) is 0. The zero-order chi connectivity index (χ0) is 19.2. The van der Waals surface area contributed by atoms with Crippen LogP contribution in [0.25, 0.3) is 5.57 Å². The number of hydrogen-bond donors (Lipinski definition) is 0. The van der Waals surface area contributed by atoms with Gasteiger partial charge in [0.05, 0.1) is 0 Å². The van der Waals surface area contributed by atoms with Gasteiger partial charge in [-0.25, -0.2) is 0 Å². The van der Waals surface area contributed by atoms with Crippen molar-refractivity contribution in [3.63, 3.8) is 0 Å². The normalized spacial score (nSPS) is 12.3. The predicted octanol–water partition coefficient (Wildman–Crippen LogP) is 6.80. The van der Waals surface area contributed by atoms with Crippen molar-refractivity contribution in [2.75, 3.05) is 14.1 Å². The summed E-state index contributed by atoms with van der Waals surface area (Å²) in [5.41, 5.74) is 5.42. The van der Waals surface area contributed by atoms with Crippen LogP contribution >= 0.6 is 11.3 Å². The van der Waals surface area contributed by atoms with Crippen LogP contribution in [0, 0.1) is 12.3 Å². The van der Waals surface area contributed by atoms with Crippen LogP contribution in [0.15, 0.2) is 43.2 Å². The third-order valence-corrected chi connectivity index (χ3v) is 5.90. The van der Waals surface area contributed by atoms with Crippen molar-refractivity contribution in [3.05, 3.63) is 64.0 Å². The Morgan fingerprint density at radius 3 is 2.36 bits per heavy atom. The van der Waals surface area contributed by atoms with Crippen molar-refractivity contribution in [3.8, 4) is 0 Å². The molecule has 0 aliphatic heterocycles. The molecule has 0 radical (unpaired) electrons. The van der Waals surface area contributed by atoms with Gasteiger partial charge in [-0.3, -0.25) is 0 Å². The van der Waals surface area contributed by atoms with Gasteiger partial charge in [0, 0.05) is 36.0 Å². The molecule has 0 bridgehead atoms. The van der Waals surface area contributed by atoms with E-state index in [1.54, 1.807) is 0 Å². The van der Waals surface area contributed by atoms with E-state index >= 15 is 0 Å². The highest BCUT2D eigenvalue weighted by atomic mass is 32.1. The van der Waals surface area contributed by atoms with E-state index in [1.165, 1.54) is 32.9 Å². The third kappa shape index (κ3) is 6.36. The first kappa shape index (κ1) is 21.5. The molecular weight excluding hydrogens is 322 g/mol. The summed E-state index contributed by atoms with van der Waals surface area (Å²) >= 11 is 1.93. The van der Waals surface area contributed by atoms with Crippen molar-refractivity contribution in [2.45, 2.75) is 53.9 Å². The quantitative estimate of drug-likeness (QED) is 0.439. The van der Waals surface area contributed by atoms with Crippen LogP contribution in [0.2, 0.25) is 0 Å². The fourth-order valence-electron chi connectivity index (χ4n) is 2.67. The molecule has 0 unspecified atom stereocenters. The van der Waals surface area contributed by atoms with Crippen LogP contribution in [0.3, 0.4) is 0 Å². The van der Waals surface area contributed by atoms with Crippen molar-refractivity contribution in [1.29, 1.82) is 0 Å². The SMILES string of the molecule is C=C(C)c1c(C/C=C\C=C/C(=C)N(C)C)sc(C)c1CC(C)(C)CC. The van der Waals surface area contributed by atoms with Crippen molar-refractivity contribution >= 4 is 16.9 Å². The minimum atomic E-state index is 0.332. The van der Waals surface area contributed by atoms with E-state index in [-0.39, 0.29) is 0 Å². The molecule has 0 aliphatic carbocycles. The minimum absolute atomic E-state index is 0.332. The predicted molar refractivity (Wildman–Crippen MR) is 116 cm³/mol. The molecule has 0 fully saturated rings. The van der Waals surface area contributed by atoms with Gasteiger partial charge in [-0.15, -0.1) is 11.3 Å². The van der Waals surface area contributed by atoms with Gasteiger partial charge in [0.1, 0.15) is 0 Å². The Balaban J connectivity index is 2.98. The van der Waals surface area contributed by atoms with E-state index in [0.717, 1.165) is 18.5 Å². The van der Waals surface area contributed by atoms with Crippen LogP contribution in [-0.4, -0.2) is 19.0 Å². The Kier molecular flexibility index (Phi) is 7.95. The average molecular weight is 358 g/mol. The zero-order valence-corrected chi connectivity index (χ0v) is 18.0. The first-order valence-electron chi connectivity index (χ1n) is 9.05. The molecular formula is C23H35NS. The number of allylic oxidation sites excluding steroid dienone is 5. The molecule has 0 aliphatic rings. The fraction of sp³-hybridized carbons (Fsp3) is 0.478. The lowest BCUT2D eigenvalue weighted by atomic mass is 9.81. The van der Waals surface area contributed by atoms with Gasteiger partial charge >= 0.3 is 0 Å². The fourth-order valence-corrected chi connectivity index (χ4v) is 3.91. The zero-order valence-electron chi connectivity index (χ0n) is 17.2. The van der Waals surface area contributed by atoms with Gasteiger partial charge in [0.15, 0.2) is 0 Å². The van der Waals surface area contributed by atoms with Crippen LogP contribution in [0.5, 0.6) is 0 Å². The number of aryl methyl sites for hydroxylation is 1. The van der Waals surface area contributed by atoms with E-state index in [1.807, 2.05) is 36.4 Å². The molecule has 0 amide bonds. The number of likely N-dealkylation sites (N-methyl/N-ethyl adjacent to an activating group) is 1. The van der Waals surface area contributed by atoms with Crippen molar-refractivity contribution in [1.82, 2.24) is 4.90 Å². The molecule has 1 rings (SSSR count). The summed E-state index contributed by atoms with van der Waals surface area (Å²) in [6, 6.07) is 0. The highest BCUT2D eigenvalue weighted by Crippen LogP contribution is 2.38. The molecule has 1 nitrogen and oxygen atoms in total. The molecule has 0 atom stereocenters. The molecule has 1 aromatic rings. The molecule has 0 aromatic carbocycles. The second-order valence-corrected chi connectivity index (χ2v) is 9.10. The van der Waals surface area contributed by atoms with Crippen LogP contribution in [0.4, 0.5) is 0 Å². The van der Waals surface area contributed by atoms with Gasteiger partial charge < -0.3 is 4.90 Å². The maximum absolute atomic E-state index is 4.25. The standard InChI is InChI=1S/C23H35NS/c1-10-23(6,7)16-20-19(5)25-21(22(20)17(2)3)15-13-11-12-14-18(4)24(8)9/h11-14H,2,4,10,15-16H2,1,3,5-9H3/b13-11-,14-12-. The van der Waals surface area contributed by atoms with E-state index < -0.39 is 0 Å². The number of thiophene rings is 1. The number of rotatable bonds is 9. The third-order valence-electron chi connectivity index (χ3n) is 4.73. The van der Waals surface area contributed by atoms with Gasteiger partial charge in [0.25, 0.3) is 0 Å². The largest absolute Gasteiger partial charge is 0.378 e. The van der Waals surface area contributed by atoms with Crippen LogP contribution in [0.1, 0.15) is 55.0 Å². The Morgan fingerprint density at radius 2 is 1.84 bits per heavy atom. The second-order valence-electron chi connectivity index (χ2n) is 7.79. The summed E-state index contributed by atoms with van der Waals surface area (Å²) in [7, 11) is 4.01. The molecule has 2 heteroatoms. The van der Waals surface area contributed by atoms with Crippen LogP contribution < -0.4 is 0 Å². The first-order chi connectivity index (χ1) is 11.6. The van der Waals surface area contributed by atoms with Crippen molar-refractivity contribution < 1.29 is 0 Å². The number of nitrogens with zero attached hydrogens (tertiary/aromatic N) is 1. The van der Waals surface area contributed by atoms with Gasteiger partial charge in [0.2, 0.25) is 0 Å². The van der Waals surface area contributed by atoms with Gasteiger partial charge in [-0.1, -0.05) is 58.6 Å². The smallest absolute Gasteiger partial charge is 0.0287 e.